The minimum Gasteiger partial charge on any atom is -0.462 e. The molecule has 1 aromatic heterocycles. The Labute approximate surface area is 84.1 Å². The molecule has 0 saturated heterocycles. The van der Waals surface area contributed by atoms with E-state index in [9.17, 15) is 0 Å². The van der Waals surface area contributed by atoms with Crippen LogP contribution in [0.15, 0.2) is 34.9 Å². The van der Waals surface area contributed by atoms with Crippen LogP contribution in [0.5, 0.6) is 0 Å². The molecule has 2 aromatic rings. The molecule has 0 aliphatic heterocycles. The highest BCUT2D eigenvalue weighted by molar-refractivity contribution is 5.89. The summed E-state index contributed by atoms with van der Waals surface area (Å²) in [4.78, 5) is 2.30. The second-order valence-corrected chi connectivity index (χ2v) is 3.29. The molecule has 2 heteroatoms. The fourth-order valence-electron chi connectivity index (χ4n) is 1.79. The van der Waals surface area contributed by atoms with Gasteiger partial charge in [-0.3, -0.25) is 0 Å². The highest BCUT2D eigenvalue weighted by Crippen LogP contribution is 2.27. The van der Waals surface area contributed by atoms with Crippen molar-refractivity contribution in [3.05, 3.63) is 30.5 Å². The maximum absolute atomic E-state index is 5.49. The van der Waals surface area contributed by atoms with Crippen molar-refractivity contribution in [2.45, 2.75) is 13.8 Å². The lowest BCUT2D eigenvalue weighted by Crippen LogP contribution is -2.21. The van der Waals surface area contributed by atoms with Gasteiger partial charge in [-0.25, -0.2) is 0 Å². The molecule has 74 valence electrons. The van der Waals surface area contributed by atoms with Crippen molar-refractivity contribution in [1.82, 2.24) is 0 Å². The predicted octanol–water partition coefficient (Wildman–Crippen LogP) is 3.28. The zero-order valence-electron chi connectivity index (χ0n) is 8.66. The Morgan fingerprint density at radius 1 is 1.14 bits per heavy atom. The average molecular weight is 189 g/mol. The maximum Gasteiger partial charge on any atom is 0.157 e. The molecule has 0 saturated carbocycles. The number of para-hydroxylation sites is 1. The van der Waals surface area contributed by atoms with Gasteiger partial charge in [-0.2, -0.15) is 0 Å². The molecule has 0 radical (unpaired) electrons. The Balaban J connectivity index is 2.54. The van der Waals surface area contributed by atoms with Crippen LogP contribution in [0.1, 0.15) is 13.8 Å². The number of furan rings is 1. The molecule has 0 aliphatic carbocycles. The van der Waals surface area contributed by atoms with Crippen molar-refractivity contribution >= 4 is 16.7 Å². The van der Waals surface area contributed by atoms with Crippen LogP contribution < -0.4 is 4.90 Å². The summed E-state index contributed by atoms with van der Waals surface area (Å²) in [5, 5.41) is 1.18. The van der Waals surface area contributed by atoms with E-state index in [0.29, 0.717) is 0 Å². The lowest BCUT2D eigenvalue weighted by molar-refractivity contribution is 0.614. The van der Waals surface area contributed by atoms with Gasteiger partial charge in [0, 0.05) is 18.5 Å². The largest absolute Gasteiger partial charge is 0.462 e. The Morgan fingerprint density at radius 2 is 1.93 bits per heavy atom. The molecule has 0 amide bonds. The highest BCUT2D eigenvalue weighted by Gasteiger charge is 2.08. The number of nitrogens with zero attached hydrogens (tertiary/aromatic N) is 1. The fraction of sp³-hybridized carbons (Fsp3) is 0.333. The van der Waals surface area contributed by atoms with Crippen molar-refractivity contribution in [2.75, 3.05) is 18.0 Å². The standard InChI is InChI=1S/C12H15NO/c1-3-13(4-2)11-7-5-6-10-8-9-14-12(10)11/h5-9H,3-4H2,1-2H3. The van der Waals surface area contributed by atoms with E-state index in [1.54, 1.807) is 6.26 Å². The van der Waals surface area contributed by atoms with Gasteiger partial charge < -0.3 is 9.32 Å². The normalized spacial score (nSPS) is 10.7. The number of fused-ring (bicyclic) bond motifs is 1. The summed E-state index contributed by atoms with van der Waals surface area (Å²) in [5.41, 5.74) is 2.19. The lowest BCUT2D eigenvalue weighted by atomic mass is 10.2. The van der Waals surface area contributed by atoms with E-state index in [1.807, 2.05) is 6.07 Å². The van der Waals surface area contributed by atoms with Crippen molar-refractivity contribution in [3.8, 4) is 0 Å². The molecular weight excluding hydrogens is 174 g/mol. The van der Waals surface area contributed by atoms with Crippen LogP contribution in [0.3, 0.4) is 0 Å². The van der Waals surface area contributed by atoms with E-state index in [2.05, 4.69) is 36.9 Å². The molecule has 0 spiro atoms. The van der Waals surface area contributed by atoms with Crippen LogP contribution in [0, 0.1) is 0 Å². The van der Waals surface area contributed by atoms with Crippen molar-refractivity contribution < 1.29 is 4.42 Å². The Hall–Kier alpha value is -1.44. The Morgan fingerprint density at radius 3 is 2.64 bits per heavy atom. The first-order valence-electron chi connectivity index (χ1n) is 5.08. The Kier molecular flexibility index (Phi) is 2.44. The molecule has 0 atom stereocenters. The topological polar surface area (TPSA) is 16.4 Å². The van der Waals surface area contributed by atoms with E-state index in [1.165, 1.54) is 11.1 Å². The fourth-order valence-corrected chi connectivity index (χ4v) is 1.79. The zero-order chi connectivity index (χ0) is 9.97. The predicted molar refractivity (Wildman–Crippen MR) is 59.8 cm³/mol. The minimum absolute atomic E-state index is 0.996. The third-order valence-electron chi connectivity index (χ3n) is 2.56. The molecule has 1 heterocycles. The first-order valence-corrected chi connectivity index (χ1v) is 5.08. The summed E-state index contributed by atoms with van der Waals surface area (Å²) >= 11 is 0. The van der Waals surface area contributed by atoms with Gasteiger partial charge in [0.1, 0.15) is 0 Å². The molecule has 0 bridgehead atoms. The molecule has 2 rings (SSSR count). The van der Waals surface area contributed by atoms with Crippen LogP contribution in [0.4, 0.5) is 5.69 Å². The van der Waals surface area contributed by atoms with Gasteiger partial charge in [0.2, 0.25) is 0 Å². The summed E-state index contributed by atoms with van der Waals surface area (Å²) in [6.07, 6.45) is 1.75. The molecule has 0 aliphatic rings. The van der Waals surface area contributed by atoms with Gasteiger partial charge >= 0.3 is 0 Å². The van der Waals surface area contributed by atoms with Crippen LogP contribution in [-0.2, 0) is 0 Å². The smallest absolute Gasteiger partial charge is 0.157 e. The third-order valence-corrected chi connectivity index (χ3v) is 2.56. The molecule has 0 N–H and O–H groups in total. The van der Waals surface area contributed by atoms with Gasteiger partial charge in [0.05, 0.1) is 12.0 Å². The van der Waals surface area contributed by atoms with Crippen LogP contribution in [-0.4, -0.2) is 13.1 Å². The summed E-state index contributed by atoms with van der Waals surface area (Å²) < 4.78 is 5.49. The SMILES string of the molecule is CCN(CC)c1cccc2ccoc12. The zero-order valence-corrected chi connectivity index (χ0v) is 8.66. The minimum atomic E-state index is 0.996. The second-order valence-electron chi connectivity index (χ2n) is 3.29. The number of benzene rings is 1. The summed E-state index contributed by atoms with van der Waals surface area (Å²) in [5.74, 6) is 0. The van der Waals surface area contributed by atoms with Crippen molar-refractivity contribution in [3.63, 3.8) is 0 Å². The summed E-state index contributed by atoms with van der Waals surface area (Å²) in [7, 11) is 0. The molecule has 14 heavy (non-hydrogen) atoms. The van der Waals surface area contributed by atoms with Gasteiger partial charge in [-0.15, -0.1) is 0 Å². The van der Waals surface area contributed by atoms with E-state index in [-0.39, 0.29) is 0 Å². The van der Waals surface area contributed by atoms with Crippen molar-refractivity contribution in [1.29, 1.82) is 0 Å². The summed E-state index contributed by atoms with van der Waals surface area (Å²) in [6, 6.07) is 8.26. The van der Waals surface area contributed by atoms with Gasteiger partial charge in [0.25, 0.3) is 0 Å². The first-order chi connectivity index (χ1) is 6.86. The van der Waals surface area contributed by atoms with Crippen LogP contribution in [0.2, 0.25) is 0 Å². The lowest BCUT2D eigenvalue weighted by Gasteiger charge is -2.20. The third kappa shape index (κ3) is 1.37. The number of rotatable bonds is 3. The molecule has 2 nitrogen and oxygen atoms in total. The van der Waals surface area contributed by atoms with Gasteiger partial charge in [0.15, 0.2) is 5.58 Å². The first kappa shape index (κ1) is 9.13. The molecule has 0 unspecified atom stereocenters. The van der Waals surface area contributed by atoms with E-state index < -0.39 is 0 Å². The highest BCUT2D eigenvalue weighted by atomic mass is 16.3. The summed E-state index contributed by atoms with van der Waals surface area (Å²) in [6.45, 7) is 6.34. The molecule has 1 aromatic carbocycles. The Bertz CT molecular complexity index is 415. The van der Waals surface area contributed by atoms with Gasteiger partial charge in [-0.05, 0) is 26.0 Å². The maximum atomic E-state index is 5.49. The number of hydrogen-bond acceptors (Lipinski definition) is 2. The van der Waals surface area contributed by atoms with E-state index in [4.69, 9.17) is 4.42 Å². The van der Waals surface area contributed by atoms with Gasteiger partial charge in [-0.1, -0.05) is 12.1 Å². The van der Waals surface area contributed by atoms with Crippen LogP contribution in [0.25, 0.3) is 11.0 Å². The second kappa shape index (κ2) is 3.74. The molecular formula is C12H15NO. The number of anilines is 1. The monoisotopic (exact) mass is 189 g/mol. The average Bonchev–Trinajstić information content (AvgIpc) is 2.68. The van der Waals surface area contributed by atoms with Crippen LogP contribution >= 0.6 is 0 Å². The van der Waals surface area contributed by atoms with Crippen molar-refractivity contribution in [2.24, 2.45) is 0 Å². The number of hydrogen-bond donors (Lipinski definition) is 0. The van der Waals surface area contributed by atoms with E-state index >= 15 is 0 Å². The quantitative estimate of drug-likeness (QED) is 0.736. The molecule has 0 fully saturated rings. The van der Waals surface area contributed by atoms with E-state index in [0.717, 1.165) is 18.7 Å².